The van der Waals surface area contributed by atoms with E-state index in [1.807, 2.05) is 49.2 Å². The van der Waals surface area contributed by atoms with Crippen molar-refractivity contribution >= 4 is 16.8 Å². The second kappa shape index (κ2) is 7.09. The Labute approximate surface area is 137 Å². The third kappa shape index (κ3) is 3.53. The first-order valence-corrected chi connectivity index (χ1v) is 8.49. The summed E-state index contributed by atoms with van der Waals surface area (Å²) in [5.74, 6) is 0.861. The summed E-state index contributed by atoms with van der Waals surface area (Å²) in [6, 6.07) is 9.90. The van der Waals surface area contributed by atoms with E-state index < -0.39 is 0 Å². The number of hydrogen-bond acceptors (Lipinski definition) is 3. The molecule has 0 aliphatic carbocycles. The molecule has 1 saturated heterocycles. The molecule has 23 heavy (non-hydrogen) atoms. The first-order valence-electron chi connectivity index (χ1n) is 8.49. The van der Waals surface area contributed by atoms with E-state index in [0.717, 1.165) is 60.6 Å². The topological polar surface area (TPSA) is 45.2 Å². The van der Waals surface area contributed by atoms with Crippen LogP contribution in [0.2, 0.25) is 0 Å². The number of nitrogens with one attached hydrogen (secondary N) is 1. The van der Waals surface area contributed by atoms with Crippen LogP contribution in [0.4, 0.5) is 0 Å². The van der Waals surface area contributed by atoms with Gasteiger partial charge in [0, 0.05) is 24.2 Å². The highest BCUT2D eigenvalue weighted by Gasteiger charge is 2.24. The Hall–Kier alpha value is -1.94. The number of aryl methyl sites for hydroxylation is 1. The van der Waals surface area contributed by atoms with Crippen molar-refractivity contribution in [2.45, 2.75) is 26.2 Å². The summed E-state index contributed by atoms with van der Waals surface area (Å²) in [6.45, 7) is 4.74. The minimum absolute atomic E-state index is 0.126. The van der Waals surface area contributed by atoms with Gasteiger partial charge < -0.3 is 10.2 Å². The summed E-state index contributed by atoms with van der Waals surface area (Å²) in [6.07, 6.45) is 3.41. The van der Waals surface area contributed by atoms with E-state index in [9.17, 15) is 4.79 Å². The number of fused-ring (bicyclic) bond motifs is 1. The third-order valence-corrected chi connectivity index (χ3v) is 4.79. The van der Waals surface area contributed by atoms with Gasteiger partial charge in [-0.2, -0.15) is 0 Å². The maximum atomic E-state index is 12.9. The minimum Gasteiger partial charge on any atom is -0.339 e. The molecule has 0 radical (unpaired) electrons. The van der Waals surface area contributed by atoms with E-state index in [1.54, 1.807) is 0 Å². The first-order chi connectivity index (χ1) is 11.2. The predicted molar refractivity (Wildman–Crippen MR) is 93.7 cm³/mol. The van der Waals surface area contributed by atoms with Gasteiger partial charge in [0.15, 0.2) is 0 Å². The third-order valence-electron chi connectivity index (χ3n) is 4.79. The van der Waals surface area contributed by atoms with E-state index in [0.29, 0.717) is 0 Å². The smallest absolute Gasteiger partial charge is 0.256 e. The van der Waals surface area contributed by atoms with E-state index in [1.165, 1.54) is 6.42 Å². The van der Waals surface area contributed by atoms with Crippen molar-refractivity contribution in [3.63, 3.8) is 0 Å². The number of aromatic nitrogens is 1. The van der Waals surface area contributed by atoms with Gasteiger partial charge in [0.2, 0.25) is 0 Å². The largest absolute Gasteiger partial charge is 0.339 e. The zero-order valence-corrected chi connectivity index (χ0v) is 14.0. The van der Waals surface area contributed by atoms with Crippen molar-refractivity contribution in [1.29, 1.82) is 0 Å². The molecule has 1 aromatic heterocycles. The van der Waals surface area contributed by atoms with Gasteiger partial charge in [-0.05, 0) is 57.8 Å². The Bertz CT molecular complexity index is 690. The molecule has 1 fully saturated rings. The van der Waals surface area contributed by atoms with Crippen molar-refractivity contribution < 1.29 is 4.79 Å². The molecule has 1 aliphatic heterocycles. The lowest BCUT2D eigenvalue weighted by Gasteiger charge is -2.32. The Kier molecular flexibility index (Phi) is 4.91. The van der Waals surface area contributed by atoms with Crippen molar-refractivity contribution in [3.05, 3.63) is 41.6 Å². The van der Waals surface area contributed by atoms with Gasteiger partial charge in [0.25, 0.3) is 5.91 Å². The van der Waals surface area contributed by atoms with Crippen LogP contribution in [-0.2, 0) is 0 Å². The molecule has 2 aromatic rings. The molecule has 4 heteroatoms. The normalized spacial score (nSPS) is 16.0. The molecular weight excluding hydrogens is 286 g/mol. The number of likely N-dealkylation sites (tertiary alicyclic amines) is 1. The number of carbonyl (C=O) groups is 1. The van der Waals surface area contributed by atoms with E-state index in [2.05, 4.69) is 10.3 Å². The van der Waals surface area contributed by atoms with Crippen LogP contribution in [0.3, 0.4) is 0 Å². The maximum Gasteiger partial charge on any atom is 0.256 e. The highest BCUT2D eigenvalue weighted by molar-refractivity contribution is 6.05. The quantitative estimate of drug-likeness (QED) is 0.944. The highest BCUT2D eigenvalue weighted by atomic mass is 16.2. The summed E-state index contributed by atoms with van der Waals surface area (Å²) >= 11 is 0. The van der Waals surface area contributed by atoms with Gasteiger partial charge in [-0.3, -0.25) is 9.78 Å². The van der Waals surface area contributed by atoms with E-state index in [4.69, 9.17) is 0 Å². The van der Waals surface area contributed by atoms with Crippen LogP contribution in [-0.4, -0.2) is 42.5 Å². The summed E-state index contributed by atoms with van der Waals surface area (Å²) in [4.78, 5) is 19.5. The Morgan fingerprint density at radius 1 is 1.26 bits per heavy atom. The molecule has 1 N–H and O–H groups in total. The number of carbonyl (C=O) groups excluding carboxylic acids is 1. The number of benzene rings is 1. The molecular formula is C19H25N3O. The van der Waals surface area contributed by atoms with Gasteiger partial charge in [0.05, 0.1) is 11.1 Å². The molecule has 0 unspecified atom stereocenters. The van der Waals surface area contributed by atoms with Crippen LogP contribution >= 0.6 is 0 Å². The predicted octanol–water partition coefficient (Wildman–Crippen LogP) is 3.00. The second-order valence-electron chi connectivity index (χ2n) is 6.46. The van der Waals surface area contributed by atoms with Crippen molar-refractivity contribution in [2.24, 2.45) is 5.92 Å². The summed E-state index contributed by atoms with van der Waals surface area (Å²) in [5.41, 5.74) is 2.51. The van der Waals surface area contributed by atoms with Gasteiger partial charge >= 0.3 is 0 Å². The Morgan fingerprint density at radius 3 is 2.78 bits per heavy atom. The number of pyridine rings is 1. The second-order valence-corrected chi connectivity index (χ2v) is 6.46. The van der Waals surface area contributed by atoms with Crippen molar-refractivity contribution in [1.82, 2.24) is 15.2 Å². The molecule has 1 amide bonds. The number of para-hydroxylation sites is 1. The maximum absolute atomic E-state index is 12.9. The van der Waals surface area contributed by atoms with Crippen LogP contribution in [0.25, 0.3) is 10.9 Å². The van der Waals surface area contributed by atoms with Crippen molar-refractivity contribution in [2.75, 3.05) is 26.7 Å². The van der Waals surface area contributed by atoms with Crippen LogP contribution in [0.15, 0.2) is 30.3 Å². The SMILES string of the molecule is CNCCC1CCN(C(=O)c2cccc3ccc(C)nc23)CC1. The van der Waals surface area contributed by atoms with Crippen molar-refractivity contribution in [3.8, 4) is 0 Å². The molecule has 1 aliphatic rings. The zero-order valence-electron chi connectivity index (χ0n) is 14.0. The summed E-state index contributed by atoms with van der Waals surface area (Å²) in [5, 5.41) is 4.24. The lowest BCUT2D eigenvalue weighted by Crippen LogP contribution is -2.39. The van der Waals surface area contributed by atoms with Crippen LogP contribution in [0.5, 0.6) is 0 Å². The fourth-order valence-electron chi connectivity index (χ4n) is 3.36. The first kappa shape index (κ1) is 15.9. The average Bonchev–Trinajstić information content (AvgIpc) is 2.59. The van der Waals surface area contributed by atoms with Gasteiger partial charge in [-0.25, -0.2) is 0 Å². The monoisotopic (exact) mass is 311 g/mol. The molecule has 0 atom stereocenters. The lowest BCUT2D eigenvalue weighted by molar-refractivity contribution is 0.0689. The summed E-state index contributed by atoms with van der Waals surface area (Å²) < 4.78 is 0. The summed E-state index contributed by atoms with van der Waals surface area (Å²) in [7, 11) is 1.99. The fourth-order valence-corrected chi connectivity index (χ4v) is 3.36. The van der Waals surface area contributed by atoms with E-state index >= 15 is 0 Å². The molecule has 0 bridgehead atoms. The number of nitrogens with zero attached hydrogens (tertiary/aromatic N) is 2. The fraction of sp³-hybridized carbons (Fsp3) is 0.474. The molecule has 1 aromatic carbocycles. The van der Waals surface area contributed by atoms with E-state index in [-0.39, 0.29) is 5.91 Å². The molecule has 0 saturated carbocycles. The lowest BCUT2D eigenvalue weighted by atomic mass is 9.93. The highest BCUT2D eigenvalue weighted by Crippen LogP contribution is 2.24. The molecule has 3 rings (SSSR count). The number of rotatable bonds is 4. The molecule has 4 nitrogen and oxygen atoms in total. The number of hydrogen-bond donors (Lipinski definition) is 1. The van der Waals surface area contributed by atoms with Gasteiger partial charge in [-0.15, -0.1) is 0 Å². The van der Waals surface area contributed by atoms with Crippen LogP contribution in [0, 0.1) is 12.8 Å². The van der Waals surface area contributed by atoms with Crippen LogP contribution in [0.1, 0.15) is 35.3 Å². The zero-order chi connectivity index (χ0) is 16.2. The number of piperidine rings is 1. The Morgan fingerprint density at radius 2 is 2.04 bits per heavy atom. The van der Waals surface area contributed by atoms with Gasteiger partial charge in [-0.1, -0.05) is 18.2 Å². The van der Waals surface area contributed by atoms with Crippen LogP contribution < -0.4 is 5.32 Å². The minimum atomic E-state index is 0.126. The molecule has 0 spiro atoms. The molecule has 122 valence electrons. The van der Waals surface area contributed by atoms with Gasteiger partial charge in [0.1, 0.15) is 0 Å². The molecule has 2 heterocycles. The standard InChI is InChI=1S/C19H25N3O/c1-14-6-7-16-4-3-5-17(18(16)21-14)19(23)22-12-9-15(10-13-22)8-11-20-2/h3-7,15,20H,8-13H2,1-2H3. The average molecular weight is 311 g/mol. The number of amides is 1. The Balaban J connectivity index is 1.75.